The molecule has 2 N–H and O–H groups in total. The maximum atomic E-state index is 5.81. The molecule has 0 aliphatic rings. The summed E-state index contributed by atoms with van der Waals surface area (Å²) >= 11 is 11.0. The molecule has 2 aromatic rings. The van der Waals surface area contributed by atoms with Gasteiger partial charge in [0, 0.05) is 10.7 Å². The Morgan fingerprint density at radius 3 is 2.61 bits per heavy atom. The fourth-order valence-electron chi connectivity index (χ4n) is 1.51. The minimum Gasteiger partial charge on any atom is -0.467 e. The third-order valence-corrected chi connectivity index (χ3v) is 2.89. The average molecular weight is 281 g/mol. The molecule has 0 aliphatic heterocycles. The predicted molar refractivity (Wildman–Crippen MR) is 77.9 cm³/mol. The first-order valence-corrected chi connectivity index (χ1v) is 6.30. The van der Waals surface area contributed by atoms with Crippen molar-refractivity contribution in [3.8, 4) is 0 Å². The van der Waals surface area contributed by atoms with E-state index in [0.717, 1.165) is 11.4 Å². The first-order chi connectivity index (χ1) is 8.65. The van der Waals surface area contributed by atoms with E-state index in [1.807, 2.05) is 43.3 Å². The molecule has 1 atom stereocenters. The van der Waals surface area contributed by atoms with Gasteiger partial charge in [-0.15, -0.1) is 0 Å². The van der Waals surface area contributed by atoms with Crippen molar-refractivity contribution >= 4 is 34.6 Å². The Morgan fingerprint density at radius 1 is 1.28 bits per heavy atom. The fourth-order valence-corrected chi connectivity index (χ4v) is 1.93. The third kappa shape index (κ3) is 3.48. The average Bonchev–Trinajstić information content (AvgIpc) is 2.85. The summed E-state index contributed by atoms with van der Waals surface area (Å²) in [5, 5.41) is 7.46. The van der Waals surface area contributed by atoms with Gasteiger partial charge in [0.05, 0.1) is 12.3 Å². The van der Waals surface area contributed by atoms with Crippen LogP contribution < -0.4 is 10.6 Å². The van der Waals surface area contributed by atoms with E-state index in [4.69, 9.17) is 28.2 Å². The maximum absolute atomic E-state index is 5.81. The van der Waals surface area contributed by atoms with E-state index in [0.29, 0.717) is 10.1 Å². The molecule has 0 unspecified atom stereocenters. The minimum atomic E-state index is 0.0206. The first-order valence-electron chi connectivity index (χ1n) is 5.51. The van der Waals surface area contributed by atoms with Crippen LogP contribution in [0.15, 0.2) is 47.1 Å². The topological polar surface area (TPSA) is 37.2 Å². The molecule has 18 heavy (non-hydrogen) atoms. The van der Waals surface area contributed by atoms with Gasteiger partial charge in [0.2, 0.25) is 0 Å². The van der Waals surface area contributed by atoms with Crippen molar-refractivity contribution in [1.82, 2.24) is 5.32 Å². The molecular formula is C13H13ClN2OS. The molecular weight excluding hydrogens is 268 g/mol. The number of halogens is 1. The van der Waals surface area contributed by atoms with Crippen molar-refractivity contribution in [2.75, 3.05) is 5.32 Å². The van der Waals surface area contributed by atoms with Crippen molar-refractivity contribution in [2.24, 2.45) is 0 Å². The molecule has 0 radical (unpaired) electrons. The normalized spacial score (nSPS) is 11.9. The van der Waals surface area contributed by atoms with Gasteiger partial charge in [-0.3, -0.25) is 0 Å². The monoisotopic (exact) mass is 280 g/mol. The number of anilines is 1. The lowest BCUT2D eigenvalue weighted by Crippen LogP contribution is -2.30. The van der Waals surface area contributed by atoms with Gasteiger partial charge in [-0.1, -0.05) is 11.6 Å². The van der Waals surface area contributed by atoms with Crippen molar-refractivity contribution < 1.29 is 4.42 Å². The number of hydrogen-bond donors (Lipinski definition) is 2. The van der Waals surface area contributed by atoms with Gasteiger partial charge in [-0.25, -0.2) is 0 Å². The van der Waals surface area contributed by atoms with Crippen LogP contribution in [0.2, 0.25) is 5.02 Å². The number of hydrogen-bond acceptors (Lipinski definition) is 2. The zero-order chi connectivity index (χ0) is 13.0. The molecule has 0 fully saturated rings. The van der Waals surface area contributed by atoms with Crippen molar-refractivity contribution in [3.63, 3.8) is 0 Å². The lowest BCUT2D eigenvalue weighted by molar-refractivity contribution is 0.464. The van der Waals surface area contributed by atoms with E-state index in [9.17, 15) is 0 Å². The van der Waals surface area contributed by atoms with E-state index in [2.05, 4.69) is 10.6 Å². The van der Waals surface area contributed by atoms with Crippen molar-refractivity contribution in [2.45, 2.75) is 13.0 Å². The van der Waals surface area contributed by atoms with Crippen molar-refractivity contribution in [1.29, 1.82) is 0 Å². The third-order valence-electron chi connectivity index (χ3n) is 2.42. The molecule has 3 nitrogen and oxygen atoms in total. The van der Waals surface area contributed by atoms with Crippen LogP contribution in [0.1, 0.15) is 18.7 Å². The molecule has 2 rings (SSSR count). The van der Waals surface area contributed by atoms with Gasteiger partial charge in [-0.2, -0.15) is 0 Å². The summed E-state index contributed by atoms with van der Waals surface area (Å²) in [6.07, 6.45) is 1.64. The van der Waals surface area contributed by atoms with Crippen LogP contribution in [0.3, 0.4) is 0 Å². The Bertz CT molecular complexity index is 510. The maximum Gasteiger partial charge on any atom is 0.171 e. The van der Waals surface area contributed by atoms with E-state index in [1.54, 1.807) is 6.26 Å². The van der Waals surface area contributed by atoms with E-state index >= 15 is 0 Å². The quantitative estimate of drug-likeness (QED) is 0.834. The van der Waals surface area contributed by atoms with Gasteiger partial charge in [0.15, 0.2) is 5.11 Å². The predicted octanol–water partition coefficient (Wildman–Crippen LogP) is 3.98. The van der Waals surface area contributed by atoms with Crippen LogP contribution in [0.25, 0.3) is 0 Å². The molecule has 0 amide bonds. The molecule has 5 heteroatoms. The highest BCUT2D eigenvalue weighted by molar-refractivity contribution is 7.80. The number of nitrogens with one attached hydrogen (secondary N) is 2. The molecule has 1 aromatic heterocycles. The first kappa shape index (κ1) is 12.9. The Balaban J connectivity index is 1.91. The summed E-state index contributed by atoms with van der Waals surface area (Å²) in [5.74, 6) is 0.843. The highest BCUT2D eigenvalue weighted by Crippen LogP contribution is 2.15. The molecule has 1 heterocycles. The zero-order valence-electron chi connectivity index (χ0n) is 9.81. The van der Waals surface area contributed by atoms with E-state index in [1.165, 1.54) is 0 Å². The van der Waals surface area contributed by atoms with Crippen LogP contribution in [0, 0.1) is 0 Å². The number of benzene rings is 1. The fraction of sp³-hybridized carbons (Fsp3) is 0.154. The number of rotatable bonds is 3. The summed E-state index contributed by atoms with van der Waals surface area (Å²) in [6, 6.07) is 11.1. The second-order valence-electron chi connectivity index (χ2n) is 3.84. The van der Waals surface area contributed by atoms with Crippen LogP contribution >= 0.6 is 23.8 Å². The Morgan fingerprint density at radius 2 is 2.00 bits per heavy atom. The number of thiocarbonyl (C=S) groups is 1. The lowest BCUT2D eigenvalue weighted by Gasteiger charge is -2.15. The van der Waals surface area contributed by atoms with Crippen LogP contribution in [0.4, 0.5) is 5.69 Å². The van der Waals surface area contributed by atoms with Crippen LogP contribution in [0.5, 0.6) is 0 Å². The summed E-state index contributed by atoms with van der Waals surface area (Å²) < 4.78 is 5.29. The molecule has 0 saturated heterocycles. The van der Waals surface area contributed by atoms with Crippen molar-refractivity contribution in [3.05, 3.63) is 53.4 Å². The summed E-state index contributed by atoms with van der Waals surface area (Å²) in [4.78, 5) is 0. The van der Waals surface area contributed by atoms with Gasteiger partial charge >= 0.3 is 0 Å². The minimum absolute atomic E-state index is 0.0206. The van der Waals surface area contributed by atoms with E-state index < -0.39 is 0 Å². The molecule has 0 bridgehead atoms. The Labute approximate surface area is 116 Å². The highest BCUT2D eigenvalue weighted by atomic mass is 35.5. The highest BCUT2D eigenvalue weighted by Gasteiger charge is 2.09. The summed E-state index contributed by atoms with van der Waals surface area (Å²) in [7, 11) is 0. The largest absolute Gasteiger partial charge is 0.467 e. The standard InChI is InChI=1S/C13H13ClN2OS/c1-9(12-3-2-8-17-12)15-13(18)16-11-6-4-10(14)5-7-11/h2-9H,1H3,(H2,15,16,18)/t9-/m0/s1. The van der Waals surface area contributed by atoms with Crippen LogP contribution in [-0.4, -0.2) is 5.11 Å². The van der Waals surface area contributed by atoms with E-state index in [-0.39, 0.29) is 6.04 Å². The zero-order valence-corrected chi connectivity index (χ0v) is 11.4. The molecule has 94 valence electrons. The summed E-state index contributed by atoms with van der Waals surface area (Å²) in [5.41, 5.74) is 0.892. The van der Waals surface area contributed by atoms with Crippen LogP contribution in [-0.2, 0) is 0 Å². The van der Waals surface area contributed by atoms with Gasteiger partial charge in [0.25, 0.3) is 0 Å². The second kappa shape index (κ2) is 5.89. The molecule has 0 saturated carbocycles. The van der Waals surface area contributed by atoms with Gasteiger partial charge < -0.3 is 15.1 Å². The second-order valence-corrected chi connectivity index (χ2v) is 4.69. The van der Waals surface area contributed by atoms with Gasteiger partial charge in [0.1, 0.15) is 5.76 Å². The number of furan rings is 1. The SMILES string of the molecule is C[C@H](NC(=S)Nc1ccc(Cl)cc1)c1ccco1. The smallest absolute Gasteiger partial charge is 0.171 e. The molecule has 0 aliphatic carbocycles. The van der Waals surface area contributed by atoms with Gasteiger partial charge in [-0.05, 0) is 55.5 Å². The lowest BCUT2D eigenvalue weighted by atomic mass is 10.2. The summed E-state index contributed by atoms with van der Waals surface area (Å²) in [6.45, 7) is 1.98. The molecule has 1 aromatic carbocycles. The Hall–Kier alpha value is -1.52. The molecule has 0 spiro atoms. The Kier molecular flexibility index (Phi) is 4.23.